The number of carbonyl (C=O) groups excluding carboxylic acids is 2. The van der Waals surface area contributed by atoms with Crippen LogP contribution in [0.3, 0.4) is 0 Å². The van der Waals surface area contributed by atoms with Crippen LogP contribution in [0, 0.1) is 10.1 Å². The molecular formula is C11H13N3O5. The molecule has 0 saturated heterocycles. The number of esters is 1. The fourth-order valence-electron chi connectivity index (χ4n) is 1.33. The van der Waals surface area contributed by atoms with E-state index in [1.807, 2.05) is 0 Å². The first-order chi connectivity index (χ1) is 8.93. The smallest absolute Gasteiger partial charge is 0.315 e. The molecule has 1 rings (SSSR count). The van der Waals surface area contributed by atoms with Crippen LogP contribution in [0.4, 0.5) is 17.1 Å². The summed E-state index contributed by atoms with van der Waals surface area (Å²) in [5.74, 6) is -1.28. The number of nitrogens with zero attached hydrogens (tertiary/aromatic N) is 1. The number of nitrogens with one attached hydrogen (secondary N) is 1. The summed E-state index contributed by atoms with van der Waals surface area (Å²) in [7, 11) is 0. The van der Waals surface area contributed by atoms with Gasteiger partial charge in [0.05, 0.1) is 11.5 Å². The zero-order valence-electron chi connectivity index (χ0n) is 10.2. The van der Waals surface area contributed by atoms with E-state index in [0.29, 0.717) is 0 Å². The van der Waals surface area contributed by atoms with E-state index in [1.165, 1.54) is 12.1 Å². The highest BCUT2D eigenvalue weighted by atomic mass is 16.6. The molecule has 1 aromatic carbocycles. The van der Waals surface area contributed by atoms with Crippen LogP contribution in [0.25, 0.3) is 0 Å². The molecule has 0 unspecified atom stereocenters. The zero-order valence-corrected chi connectivity index (χ0v) is 10.2. The number of nitro benzene ring substituents is 1. The maximum Gasteiger partial charge on any atom is 0.315 e. The number of benzene rings is 1. The minimum Gasteiger partial charge on any atom is -0.466 e. The van der Waals surface area contributed by atoms with Crippen LogP contribution in [-0.2, 0) is 14.3 Å². The number of anilines is 2. The van der Waals surface area contributed by atoms with E-state index in [4.69, 9.17) is 5.73 Å². The lowest BCUT2D eigenvalue weighted by Gasteiger charge is -2.05. The third-order valence-corrected chi connectivity index (χ3v) is 2.12. The number of nitrogens with two attached hydrogens (primary N) is 1. The maximum absolute atomic E-state index is 11.5. The van der Waals surface area contributed by atoms with Crippen LogP contribution < -0.4 is 11.1 Å². The lowest BCUT2D eigenvalue weighted by Crippen LogP contribution is -2.18. The average molecular weight is 267 g/mol. The summed E-state index contributed by atoms with van der Waals surface area (Å²) in [6.45, 7) is 1.80. The second-order valence-electron chi connectivity index (χ2n) is 3.56. The number of hydrogen-bond acceptors (Lipinski definition) is 6. The van der Waals surface area contributed by atoms with Crippen LogP contribution in [0.2, 0.25) is 0 Å². The third-order valence-electron chi connectivity index (χ3n) is 2.12. The molecule has 102 valence electrons. The van der Waals surface area contributed by atoms with Crippen LogP contribution in [-0.4, -0.2) is 23.4 Å². The number of hydrogen-bond donors (Lipinski definition) is 2. The van der Waals surface area contributed by atoms with Crippen LogP contribution >= 0.6 is 0 Å². The van der Waals surface area contributed by atoms with E-state index in [9.17, 15) is 19.7 Å². The van der Waals surface area contributed by atoms with E-state index < -0.39 is 23.2 Å². The van der Waals surface area contributed by atoms with Gasteiger partial charge in [0.15, 0.2) is 0 Å². The Labute approximate surface area is 108 Å². The SMILES string of the molecule is CCOC(=O)CC(=O)Nc1ccc(N)c([N+](=O)[O-])c1. The Morgan fingerprint density at radius 1 is 1.47 bits per heavy atom. The van der Waals surface area contributed by atoms with Crippen molar-refractivity contribution in [2.24, 2.45) is 0 Å². The molecule has 1 amide bonds. The Balaban J connectivity index is 2.72. The molecule has 1 aromatic rings. The zero-order chi connectivity index (χ0) is 14.4. The molecule has 0 aliphatic carbocycles. The average Bonchev–Trinajstić information content (AvgIpc) is 2.31. The number of carbonyl (C=O) groups is 2. The summed E-state index contributed by atoms with van der Waals surface area (Å²) >= 11 is 0. The van der Waals surface area contributed by atoms with Gasteiger partial charge in [0.25, 0.3) is 5.69 Å². The number of nitrogen functional groups attached to an aromatic ring is 1. The first-order valence-electron chi connectivity index (χ1n) is 5.43. The van der Waals surface area contributed by atoms with Gasteiger partial charge in [0, 0.05) is 11.8 Å². The molecule has 0 radical (unpaired) electrons. The van der Waals surface area contributed by atoms with Crippen molar-refractivity contribution >= 4 is 28.9 Å². The first kappa shape index (κ1) is 14.4. The first-order valence-corrected chi connectivity index (χ1v) is 5.43. The van der Waals surface area contributed by atoms with E-state index in [-0.39, 0.29) is 23.7 Å². The highest BCUT2D eigenvalue weighted by Gasteiger charge is 2.15. The molecule has 0 aromatic heterocycles. The van der Waals surface area contributed by atoms with Crippen LogP contribution in [0.15, 0.2) is 18.2 Å². The molecule has 8 heteroatoms. The van der Waals surface area contributed by atoms with Crippen LogP contribution in [0.1, 0.15) is 13.3 Å². The van der Waals surface area contributed by atoms with Crippen molar-refractivity contribution in [3.8, 4) is 0 Å². The second kappa shape index (κ2) is 6.34. The monoisotopic (exact) mass is 267 g/mol. The number of amides is 1. The van der Waals surface area contributed by atoms with E-state index >= 15 is 0 Å². The molecule has 0 spiro atoms. The molecular weight excluding hydrogens is 254 g/mol. The van der Waals surface area contributed by atoms with E-state index in [1.54, 1.807) is 6.92 Å². The predicted octanol–water partition coefficient (Wildman–Crippen LogP) is 1.07. The standard InChI is InChI=1S/C11H13N3O5/c1-2-19-11(16)6-10(15)13-7-3-4-8(12)9(5-7)14(17)18/h3-5H,2,6,12H2,1H3,(H,13,15). The summed E-state index contributed by atoms with van der Waals surface area (Å²) in [4.78, 5) is 32.5. The fourth-order valence-corrected chi connectivity index (χ4v) is 1.33. The summed E-state index contributed by atoms with van der Waals surface area (Å²) in [6.07, 6.45) is -0.452. The van der Waals surface area contributed by atoms with E-state index in [2.05, 4.69) is 10.1 Å². The third kappa shape index (κ3) is 4.26. The van der Waals surface area contributed by atoms with Crippen molar-refractivity contribution in [3.05, 3.63) is 28.3 Å². The second-order valence-corrected chi connectivity index (χ2v) is 3.56. The summed E-state index contributed by atoms with van der Waals surface area (Å²) < 4.78 is 4.60. The van der Waals surface area contributed by atoms with Crippen molar-refractivity contribution in [3.63, 3.8) is 0 Å². The Morgan fingerprint density at radius 2 is 2.16 bits per heavy atom. The minimum atomic E-state index is -0.662. The van der Waals surface area contributed by atoms with Gasteiger partial charge in [-0.25, -0.2) is 0 Å². The molecule has 8 nitrogen and oxygen atoms in total. The molecule has 0 aliphatic heterocycles. The Bertz CT molecular complexity index is 515. The lowest BCUT2D eigenvalue weighted by molar-refractivity contribution is -0.383. The van der Waals surface area contributed by atoms with Gasteiger partial charge in [0.2, 0.25) is 5.91 Å². The molecule has 3 N–H and O–H groups in total. The quantitative estimate of drug-likeness (QED) is 0.270. The fraction of sp³-hybridized carbons (Fsp3) is 0.273. The molecule has 0 saturated carbocycles. The Kier molecular flexibility index (Phi) is 4.81. The highest BCUT2D eigenvalue weighted by molar-refractivity contribution is 6.02. The number of ether oxygens (including phenoxy) is 1. The molecule has 0 atom stereocenters. The lowest BCUT2D eigenvalue weighted by atomic mass is 10.2. The van der Waals surface area contributed by atoms with Gasteiger partial charge in [-0.15, -0.1) is 0 Å². The summed E-state index contributed by atoms with van der Waals surface area (Å²) in [5, 5.41) is 13.0. The highest BCUT2D eigenvalue weighted by Crippen LogP contribution is 2.24. The molecule has 0 heterocycles. The molecule has 0 aliphatic rings. The predicted molar refractivity (Wildman–Crippen MR) is 67.4 cm³/mol. The number of nitro groups is 1. The van der Waals surface area contributed by atoms with E-state index in [0.717, 1.165) is 6.07 Å². The topological polar surface area (TPSA) is 125 Å². The largest absolute Gasteiger partial charge is 0.466 e. The summed E-state index contributed by atoms with van der Waals surface area (Å²) in [6, 6.07) is 3.84. The number of rotatable bonds is 5. The van der Waals surface area contributed by atoms with Gasteiger partial charge in [-0.1, -0.05) is 0 Å². The minimum absolute atomic E-state index is 0.00612. The molecule has 0 fully saturated rings. The Morgan fingerprint density at radius 3 is 2.74 bits per heavy atom. The summed E-state index contributed by atoms with van der Waals surface area (Å²) in [5.41, 5.74) is 5.29. The molecule has 0 bridgehead atoms. The van der Waals surface area contributed by atoms with Gasteiger partial charge < -0.3 is 15.8 Å². The Hall–Kier alpha value is -2.64. The van der Waals surface area contributed by atoms with Crippen molar-refractivity contribution in [1.82, 2.24) is 0 Å². The van der Waals surface area contributed by atoms with Gasteiger partial charge in [-0.2, -0.15) is 0 Å². The molecule has 19 heavy (non-hydrogen) atoms. The van der Waals surface area contributed by atoms with Crippen molar-refractivity contribution in [2.75, 3.05) is 17.7 Å². The van der Waals surface area contributed by atoms with Crippen molar-refractivity contribution < 1.29 is 19.2 Å². The van der Waals surface area contributed by atoms with Crippen molar-refractivity contribution in [2.45, 2.75) is 13.3 Å². The maximum atomic E-state index is 11.5. The van der Waals surface area contributed by atoms with Gasteiger partial charge in [-0.05, 0) is 19.1 Å². The van der Waals surface area contributed by atoms with Crippen LogP contribution in [0.5, 0.6) is 0 Å². The van der Waals surface area contributed by atoms with Crippen molar-refractivity contribution in [1.29, 1.82) is 0 Å². The van der Waals surface area contributed by atoms with Gasteiger partial charge >= 0.3 is 5.97 Å². The van der Waals surface area contributed by atoms with Gasteiger partial charge in [-0.3, -0.25) is 19.7 Å². The normalized spacial score (nSPS) is 9.74. The van der Waals surface area contributed by atoms with Gasteiger partial charge in [0.1, 0.15) is 12.1 Å².